The van der Waals surface area contributed by atoms with E-state index in [9.17, 15) is 14.4 Å². The number of aryl methyl sites for hydroxylation is 1. The molecule has 44 heavy (non-hydrogen) atoms. The summed E-state index contributed by atoms with van der Waals surface area (Å²) in [5.41, 5.74) is 3.93. The molecule has 4 aromatic rings. The van der Waals surface area contributed by atoms with Crippen molar-refractivity contribution in [2.24, 2.45) is 29.6 Å². The summed E-state index contributed by atoms with van der Waals surface area (Å²) in [6.07, 6.45) is 0.841. The summed E-state index contributed by atoms with van der Waals surface area (Å²) < 4.78 is 12.9. The van der Waals surface area contributed by atoms with E-state index in [1.807, 2.05) is 48.5 Å². The Hall–Kier alpha value is -3.34. The van der Waals surface area contributed by atoms with Crippen LogP contribution in [0.15, 0.2) is 81.0 Å². The summed E-state index contributed by atoms with van der Waals surface area (Å²) in [6, 6.07) is 21.6. The highest BCUT2D eigenvalue weighted by molar-refractivity contribution is 9.10. The fourth-order valence-corrected chi connectivity index (χ4v) is 11.3. The fourth-order valence-electron chi connectivity index (χ4n) is 8.16. The highest BCUT2D eigenvalue weighted by atomic mass is 79.9. The van der Waals surface area contributed by atoms with Gasteiger partial charge in [0.25, 0.3) is 0 Å². The van der Waals surface area contributed by atoms with Gasteiger partial charge in [0, 0.05) is 20.5 Å². The van der Waals surface area contributed by atoms with Gasteiger partial charge >= 0.3 is 4.87 Å². The molecule has 2 saturated carbocycles. The molecule has 1 saturated heterocycles. The molecule has 2 aliphatic heterocycles. The summed E-state index contributed by atoms with van der Waals surface area (Å²) in [7, 11) is 1.64. The van der Waals surface area contributed by atoms with Crippen molar-refractivity contribution in [3.8, 4) is 11.5 Å². The summed E-state index contributed by atoms with van der Waals surface area (Å²) in [5.74, 6) is 0.529. The average Bonchev–Trinajstić information content (AvgIpc) is 3.76. The van der Waals surface area contributed by atoms with Gasteiger partial charge in [-0.2, -0.15) is 0 Å². The number of fused-ring (bicyclic) bond motifs is 9. The van der Waals surface area contributed by atoms with Crippen LogP contribution in [0.3, 0.4) is 0 Å². The van der Waals surface area contributed by atoms with Gasteiger partial charge < -0.3 is 14.5 Å². The number of hydrogen-bond donors (Lipinski definition) is 1. The van der Waals surface area contributed by atoms with Crippen LogP contribution in [0.25, 0.3) is 0 Å². The number of carbonyl (C=O) groups is 2. The third-order valence-corrected chi connectivity index (χ3v) is 13.1. The molecule has 6 unspecified atom stereocenters. The first-order valence-electron chi connectivity index (χ1n) is 14.7. The molecule has 224 valence electrons. The highest BCUT2D eigenvalue weighted by Crippen LogP contribution is 2.68. The molecule has 1 aromatic heterocycles. The van der Waals surface area contributed by atoms with Crippen molar-refractivity contribution in [1.82, 2.24) is 4.98 Å². The second-order valence-corrected chi connectivity index (χ2v) is 15.2. The minimum atomic E-state index is -0.351. The van der Waals surface area contributed by atoms with E-state index < -0.39 is 0 Å². The van der Waals surface area contributed by atoms with E-state index in [1.54, 1.807) is 18.9 Å². The number of thioether (sulfide) groups is 1. The number of hydrogen-bond acceptors (Lipinski definition) is 7. The Morgan fingerprint density at radius 3 is 2.45 bits per heavy atom. The molecule has 4 aliphatic rings. The van der Waals surface area contributed by atoms with Crippen molar-refractivity contribution in [3.63, 3.8) is 0 Å². The minimum absolute atomic E-state index is 0.0396. The number of aromatic amines is 1. The fraction of sp³-hybridized carbons (Fsp3) is 0.324. The van der Waals surface area contributed by atoms with Crippen LogP contribution in [0.1, 0.15) is 33.9 Å². The highest BCUT2D eigenvalue weighted by Gasteiger charge is 2.69. The van der Waals surface area contributed by atoms with Crippen LogP contribution in [0.4, 0.5) is 5.69 Å². The number of nitrogens with one attached hydrogen (secondary N) is 1. The molecule has 7 nitrogen and oxygen atoms in total. The first-order chi connectivity index (χ1) is 21.3. The lowest BCUT2D eigenvalue weighted by molar-refractivity contribution is -0.123. The van der Waals surface area contributed by atoms with Crippen LogP contribution in [-0.4, -0.2) is 29.2 Å². The number of rotatable bonds is 6. The van der Waals surface area contributed by atoms with E-state index in [2.05, 4.69) is 46.0 Å². The number of ether oxygens (including phenoxy) is 2. The van der Waals surface area contributed by atoms with Gasteiger partial charge in [0.05, 0.1) is 29.7 Å². The molecule has 1 N–H and O–H groups in total. The molecule has 3 heterocycles. The van der Waals surface area contributed by atoms with Crippen molar-refractivity contribution in [3.05, 3.63) is 102 Å². The van der Waals surface area contributed by atoms with Gasteiger partial charge in [-0.3, -0.25) is 19.3 Å². The third kappa shape index (κ3) is 4.24. The second kappa shape index (κ2) is 10.6. The van der Waals surface area contributed by atoms with Crippen molar-refractivity contribution in [2.45, 2.75) is 36.1 Å². The van der Waals surface area contributed by atoms with Gasteiger partial charge in [-0.25, -0.2) is 0 Å². The Kier molecular flexibility index (Phi) is 6.80. The van der Waals surface area contributed by atoms with Gasteiger partial charge in [-0.15, -0.1) is 11.8 Å². The zero-order valence-corrected chi connectivity index (χ0v) is 27.2. The number of anilines is 1. The van der Waals surface area contributed by atoms with Crippen LogP contribution < -0.4 is 19.2 Å². The largest absolute Gasteiger partial charge is 0.493 e. The van der Waals surface area contributed by atoms with Crippen LogP contribution in [0, 0.1) is 36.5 Å². The Morgan fingerprint density at radius 1 is 0.955 bits per heavy atom. The molecular formula is C34H29BrN2O5S2. The van der Waals surface area contributed by atoms with Gasteiger partial charge in [-0.1, -0.05) is 57.6 Å². The summed E-state index contributed by atoms with van der Waals surface area (Å²) in [6.45, 7) is 2.49. The molecule has 2 aliphatic carbocycles. The zero-order valence-electron chi connectivity index (χ0n) is 24.0. The molecule has 3 fully saturated rings. The topological polar surface area (TPSA) is 88.7 Å². The first-order valence-corrected chi connectivity index (χ1v) is 17.2. The van der Waals surface area contributed by atoms with E-state index >= 15 is 0 Å². The van der Waals surface area contributed by atoms with Crippen LogP contribution in [-0.2, 0) is 16.2 Å². The maximum Gasteiger partial charge on any atom is 0.305 e. The summed E-state index contributed by atoms with van der Waals surface area (Å²) in [4.78, 5) is 45.9. The number of amides is 2. The lowest BCUT2D eigenvalue weighted by Gasteiger charge is -2.43. The monoisotopic (exact) mass is 688 g/mol. The second-order valence-electron chi connectivity index (χ2n) is 12.1. The van der Waals surface area contributed by atoms with Crippen LogP contribution in [0.5, 0.6) is 11.5 Å². The van der Waals surface area contributed by atoms with E-state index in [0.717, 1.165) is 37.5 Å². The molecule has 2 amide bonds. The molecule has 7 atom stereocenters. The standard InChI is InChI=1S/C34H29BrN2O5S2/c1-16-5-3-4-6-18(16)15-42-23-12-7-17(13-24(23)41-2)25-26-21-14-22(29(26)43-31-30(25)44-34(40)36-31)28-27(21)32(38)37(33(28)39)20-10-8-19(35)9-11-20/h3-13,21-22,25-29H,14-15H2,1-2H3,(H,36,40)/t21?,22?,25-,26?,27?,28?,29?/m1/s1. The van der Waals surface area contributed by atoms with Crippen molar-refractivity contribution in [2.75, 3.05) is 12.0 Å². The number of nitrogens with zero attached hydrogens (tertiary/aromatic N) is 1. The van der Waals surface area contributed by atoms with E-state index in [-0.39, 0.29) is 57.4 Å². The van der Waals surface area contributed by atoms with Crippen LogP contribution >= 0.6 is 39.0 Å². The van der Waals surface area contributed by atoms with Crippen molar-refractivity contribution in [1.29, 1.82) is 0 Å². The Balaban J connectivity index is 1.15. The lowest BCUT2D eigenvalue weighted by Crippen LogP contribution is -2.42. The molecule has 0 radical (unpaired) electrons. The predicted molar refractivity (Wildman–Crippen MR) is 174 cm³/mol. The summed E-state index contributed by atoms with van der Waals surface area (Å²) >= 11 is 6.39. The predicted octanol–water partition coefficient (Wildman–Crippen LogP) is 6.77. The third-order valence-electron chi connectivity index (χ3n) is 10.00. The maximum absolute atomic E-state index is 14.0. The Labute approximate surface area is 271 Å². The van der Waals surface area contributed by atoms with Crippen molar-refractivity contribution >= 4 is 56.5 Å². The number of thiazole rings is 1. The number of benzene rings is 3. The number of aromatic nitrogens is 1. The average molecular weight is 690 g/mol. The quantitative estimate of drug-likeness (QED) is 0.225. The number of H-pyrrole nitrogens is 1. The molecule has 3 aromatic carbocycles. The summed E-state index contributed by atoms with van der Waals surface area (Å²) in [5, 5.41) is 1.00. The SMILES string of the molecule is COc1cc([C@H]2c3sc(=O)[nH]c3SC3C4CC(C5C(=O)N(c6ccc(Br)cc6)C(=O)C45)C32)ccc1OCc1ccccc1C. The molecule has 8 rings (SSSR count). The maximum atomic E-state index is 14.0. The smallest absolute Gasteiger partial charge is 0.305 e. The Bertz CT molecular complexity index is 1870. The van der Waals surface area contributed by atoms with Gasteiger partial charge in [0.2, 0.25) is 11.8 Å². The number of methoxy groups -OCH3 is 1. The number of halogens is 1. The molecule has 0 spiro atoms. The van der Waals surface area contributed by atoms with E-state index in [0.29, 0.717) is 23.8 Å². The zero-order chi connectivity index (χ0) is 30.3. The molecule has 10 heteroatoms. The van der Waals surface area contributed by atoms with Gasteiger partial charge in [-0.05, 0) is 84.2 Å². The first kappa shape index (κ1) is 28.2. The van der Waals surface area contributed by atoms with Crippen LogP contribution in [0.2, 0.25) is 0 Å². The van der Waals surface area contributed by atoms with E-state index in [4.69, 9.17) is 9.47 Å². The van der Waals surface area contributed by atoms with Gasteiger partial charge in [0.1, 0.15) is 6.61 Å². The Morgan fingerprint density at radius 2 is 1.70 bits per heavy atom. The lowest BCUT2D eigenvalue weighted by atomic mass is 9.68. The molecular weight excluding hydrogens is 660 g/mol. The van der Waals surface area contributed by atoms with E-state index in [1.165, 1.54) is 16.2 Å². The number of carbonyl (C=O) groups excluding carboxylic acids is 2. The van der Waals surface area contributed by atoms with Gasteiger partial charge in [0.15, 0.2) is 11.5 Å². The molecule has 2 bridgehead atoms. The normalized spacial score (nSPS) is 28.2. The number of imide groups is 1. The minimum Gasteiger partial charge on any atom is -0.493 e. The van der Waals surface area contributed by atoms with Crippen molar-refractivity contribution < 1.29 is 19.1 Å².